The summed E-state index contributed by atoms with van der Waals surface area (Å²) in [6, 6.07) is 0. The molecule has 0 saturated heterocycles. The first-order chi connectivity index (χ1) is 8.04. The van der Waals surface area contributed by atoms with Gasteiger partial charge in [-0.05, 0) is 5.92 Å². The molecule has 4 N–H and O–H groups in total. The SMILES string of the molecule is CC(C)CN(CC(N)=O)CC(C(N)=S)C(F)(F)F. The third-order valence-electron chi connectivity index (χ3n) is 2.18. The Kier molecular flexibility index (Phi) is 6.55. The van der Waals surface area contributed by atoms with Gasteiger partial charge in [0.1, 0.15) is 5.92 Å². The summed E-state index contributed by atoms with van der Waals surface area (Å²) in [4.78, 5) is 11.5. The number of hydrogen-bond donors (Lipinski definition) is 2. The highest BCUT2D eigenvalue weighted by Crippen LogP contribution is 2.27. The number of alkyl halides is 3. The lowest BCUT2D eigenvalue weighted by Gasteiger charge is -2.28. The van der Waals surface area contributed by atoms with Crippen LogP contribution in [0.4, 0.5) is 13.2 Å². The highest BCUT2D eigenvalue weighted by atomic mass is 32.1. The van der Waals surface area contributed by atoms with Crippen LogP contribution in [0.5, 0.6) is 0 Å². The van der Waals surface area contributed by atoms with E-state index in [-0.39, 0.29) is 12.5 Å². The molecular weight excluding hydrogens is 267 g/mol. The van der Waals surface area contributed by atoms with Crippen molar-refractivity contribution in [1.82, 2.24) is 4.90 Å². The van der Waals surface area contributed by atoms with Crippen LogP contribution in [0.25, 0.3) is 0 Å². The molecule has 18 heavy (non-hydrogen) atoms. The van der Waals surface area contributed by atoms with Crippen molar-refractivity contribution in [3.63, 3.8) is 0 Å². The molecule has 0 saturated carbocycles. The van der Waals surface area contributed by atoms with E-state index in [0.717, 1.165) is 0 Å². The zero-order valence-electron chi connectivity index (χ0n) is 10.3. The van der Waals surface area contributed by atoms with Crippen molar-refractivity contribution in [2.24, 2.45) is 23.3 Å². The molecular formula is C10H18F3N3OS. The Morgan fingerprint density at radius 2 is 1.78 bits per heavy atom. The number of halogens is 3. The summed E-state index contributed by atoms with van der Waals surface area (Å²) in [5, 5.41) is 0. The first-order valence-corrected chi connectivity index (χ1v) is 5.81. The second-order valence-corrected chi connectivity index (χ2v) is 5.02. The van der Waals surface area contributed by atoms with E-state index in [1.54, 1.807) is 0 Å². The second kappa shape index (κ2) is 6.89. The van der Waals surface area contributed by atoms with E-state index >= 15 is 0 Å². The molecule has 0 radical (unpaired) electrons. The van der Waals surface area contributed by atoms with E-state index in [1.165, 1.54) is 4.90 Å². The van der Waals surface area contributed by atoms with Gasteiger partial charge in [-0.25, -0.2) is 0 Å². The molecule has 0 aromatic rings. The summed E-state index contributed by atoms with van der Waals surface area (Å²) < 4.78 is 38.1. The predicted octanol–water partition coefficient (Wildman–Crippen LogP) is 0.894. The van der Waals surface area contributed by atoms with Crippen LogP contribution in [-0.4, -0.2) is 41.6 Å². The highest BCUT2D eigenvalue weighted by Gasteiger charge is 2.42. The summed E-state index contributed by atoms with van der Waals surface area (Å²) in [5.74, 6) is -2.50. The number of rotatable bonds is 7. The first-order valence-electron chi connectivity index (χ1n) is 5.40. The van der Waals surface area contributed by atoms with Crippen LogP contribution in [0.1, 0.15) is 13.8 Å². The van der Waals surface area contributed by atoms with E-state index < -0.39 is 29.5 Å². The Hall–Kier alpha value is -0.890. The van der Waals surface area contributed by atoms with Crippen molar-refractivity contribution in [1.29, 1.82) is 0 Å². The highest BCUT2D eigenvalue weighted by molar-refractivity contribution is 7.80. The van der Waals surface area contributed by atoms with E-state index in [9.17, 15) is 18.0 Å². The van der Waals surface area contributed by atoms with Crippen LogP contribution >= 0.6 is 12.2 Å². The molecule has 0 bridgehead atoms. The van der Waals surface area contributed by atoms with Gasteiger partial charge in [0.05, 0.1) is 11.5 Å². The van der Waals surface area contributed by atoms with Gasteiger partial charge in [-0.15, -0.1) is 0 Å². The quantitative estimate of drug-likeness (QED) is 0.682. The molecule has 0 aromatic heterocycles. The molecule has 1 atom stereocenters. The number of nitrogens with two attached hydrogens (primary N) is 2. The molecule has 0 fully saturated rings. The fraction of sp³-hybridized carbons (Fsp3) is 0.800. The van der Waals surface area contributed by atoms with E-state index in [2.05, 4.69) is 12.2 Å². The minimum Gasteiger partial charge on any atom is -0.393 e. The van der Waals surface area contributed by atoms with Crippen molar-refractivity contribution >= 4 is 23.1 Å². The van der Waals surface area contributed by atoms with Crippen LogP contribution in [0.3, 0.4) is 0 Å². The van der Waals surface area contributed by atoms with Gasteiger partial charge >= 0.3 is 6.18 Å². The number of carbonyl (C=O) groups is 1. The van der Waals surface area contributed by atoms with Gasteiger partial charge in [0.25, 0.3) is 0 Å². The van der Waals surface area contributed by atoms with E-state index in [0.29, 0.717) is 6.54 Å². The third kappa shape index (κ3) is 6.75. The molecule has 0 spiro atoms. The van der Waals surface area contributed by atoms with Gasteiger partial charge in [0, 0.05) is 13.1 Å². The van der Waals surface area contributed by atoms with Crippen molar-refractivity contribution in [3.05, 3.63) is 0 Å². The first kappa shape index (κ1) is 17.1. The number of nitrogens with zero attached hydrogens (tertiary/aromatic N) is 1. The predicted molar refractivity (Wildman–Crippen MR) is 66.8 cm³/mol. The third-order valence-corrected chi connectivity index (χ3v) is 2.47. The van der Waals surface area contributed by atoms with Crippen molar-refractivity contribution in [3.8, 4) is 0 Å². The summed E-state index contributed by atoms with van der Waals surface area (Å²) in [5.41, 5.74) is 10.1. The lowest BCUT2D eigenvalue weighted by Crippen LogP contribution is -2.46. The fourth-order valence-corrected chi connectivity index (χ4v) is 1.76. The standard InChI is InChI=1S/C10H18F3N3OS/c1-6(2)3-16(5-8(14)17)4-7(9(15)18)10(11,12)13/h6-7H,3-5H2,1-2H3,(H2,14,17)(H2,15,18). The molecule has 106 valence electrons. The normalized spacial score (nSPS) is 13.9. The lowest BCUT2D eigenvalue weighted by atomic mass is 10.1. The zero-order valence-corrected chi connectivity index (χ0v) is 11.1. The Morgan fingerprint density at radius 1 is 1.28 bits per heavy atom. The van der Waals surface area contributed by atoms with Crippen LogP contribution < -0.4 is 11.5 Å². The molecule has 0 rings (SSSR count). The zero-order chi connectivity index (χ0) is 14.5. The number of amides is 1. The minimum absolute atomic E-state index is 0.101. The number of thiocarbonyl (C=S) groups is 1. The molecule has 0 aromatic carbocycles. The van der Waals surface area contributed by atoms with Gasteiger partial charge < -0.3 is 11.5 Å². The minimum atomic E-state index is -4.52. The maximum atomic E-state index is 12.7. The Balaban J connectivity index is 4.80. The van der Waals surface area contributed by atoms with Crippen molar-refractivity contribution < 1.29 is 18.0 Å². The molecule has 0 heterocycles. The summed E-state index contributed by atoms with van der Waals surface area (Å²) in [7, 11) is 0. The average molecular weight is 285 g/mol. The lowest BCUT2D eigenvalue weighted by molar-refractivity contribution is -0.160. The maximum absolute atomic E-state index is 12.7. The molecule has 0 aliphatic carbocycles. The largest absolute Gasteiger partial charge is 0.399 e. The molecule has 0 aliphatic heterocycles. The average Bonchev–Trinajstić information content (AvgIpc) is 2.09. The Labute approximate surface area is 109 Å². The summed E-state index contributed by atoms with van der Waals surface area (Å²) in [6.45, 7) is 3.29. The smallest absolute Gasteiger partial charge is 0.393 e. The van der Waals surface area contributed by atoms with Gasteiger partial charge in [0.15, 0.2) is 0 Å². The summed E-state index contributed by atoms with van der Waals surface area (Å²) in [6.07, 6.45) is -4.52. The molecule has 1 unspecified atom stereocenters. The molecule has 1 amide bonds. The van der Waals surface area contributed by atoms with Crippen LogP contribution in [-0.2, 0) is 4.79 Å². The number of carbonyl (C=O) groups excluding carboxylic acids is 1. The second-order valence-electron chi connectivity index (χ2n) is 4.55. The van der Waals surface area contributed by atoms with Gasteiger partial charge in [-0.3, -0.25) is 9.69 Å². The van der Waals surface area contributed by atoms with Crippen LogP contribution in [0.15, 0.2) is 0 Å². The molecule has 4 nitrogen and oxygen atoms in total. The van der Waals surface area contributed by atoms with Crippen molar-refractivity contribution in [2.45, 2.75) is 20.0 Å². The number of hydrogen-bond acceptors (Lipinski definition) is 3. The monoisotopic (exact) mass is 285 g/mol. The topological polar surface area (TPSA) is 72.3 Å². The summed E-state index contributed by atoms with van der Waals surface area (Å²) >= 11 is 4.43. The fourth-order valence-electron chi connectivity index (χ4n) is 1.55. The van der Waals surface area contributed by atoms with Gasteiger partial charge in [0.2, 0.25) is 5.91 Å². The number of primary amides is 1. The molecule has 8 heteroatoms. The Bertz CT molecular complexity index is 307. The van der Waals surface area contributed by atoms with Crippen molar-refractivity contribution in [2.75, 3.05) is 19.6 Å². The van der Waals surface area contributed by atoms with Gasteiger partial charge in [-0.1, -0.05) is 26.1 Å². The van der Waals surface area contributed by atoms with Crippen LogP contribution in [0, 0.1) is 11.8 Å². The molecule has 0 aliphatic rings. The maximum Gasteiger partial charge on any atom is 0.399 e. The van der Waals surface area contributed by atoms with Crippen LogP contribution in [0.2, 0.25) is 0 Å². The van der Waals surface area contributed by atoms with E-state index in [4.69, 9.17) is 11.5 Å². The Morgan fingerprint density at radius 3 is 2.06 bits per heavy atom. The van der Waals surface area contributed by atoms with Gasteiger partial charge in [-0.2, -0.15) is 13.2 Å². The van der Waals surface area contributed by atoms with E-state index in [1.807, 2.05) is 13.8 Å².